The molecule has 0 aromatic heterocycles. The maximum atomic E-state index is 9.77. The number of hydrogen-bond donors (Lipinski definition) is 0. The van der Waals surface area contributed by atoms with Gasteiger partial charge >= 0.3 is 0 Å². The molecule has 0 radical (unpaired) electrons. The van der Waals surface area contributed by atoms with E-state index in [4.69, 9.17) is 4.74 Å². The third-order valence-corrected chi connectivity index (χ3v) is 1.11. The molecule has 0 aliphatic rings. The van der Waals surface area contributed by atoms with Crippen molar-refractivity contribution in [2.75, 3.05) is 13.2 Å². The molecule has 1 unspecified atom stereocenters. The van der Waals surface area contributed by atoms with Crippen LogP contribution in [0.3, 0.4) is 0 Å². The van der Waals surface area contributed by atoms with Crippen LogP contribution >= 0.6 is 0 Å². The van der Waals surface area contributed by atoms with Crippen LogP contribution in [-0.2, 0) is 14.3 Å². The Bertz CT molecular complexity index is 102. The average molecular weight is 160 g/mol. The summed E-state index contributed by atoms with van der Waals surface area (Å²) in [4.78, 5) is 9.77. The second kappa shape index (κ2) is 6.16. The number of rotatable bonds is 6. The van der Waals surface area contributed by atoms with Gasteiger partial charge in [0.25, 0.3) is 6.47 Å². The minimum Gasteiger partial charge on any atom is -0.465 e. The normalized spacial score (nSPS) is 13.1. The molecule has 0 saturated heterocycles. The summed E-state index contributed by atoms with van der Waals surface area (Å²) in [7, 11) is 0. The third-order valence-electron chi connectivity index (χ3n) is 1.11. The van der Waals surface area contributed by atoms with Gasteiger partial charge in [-0.1, -0.05) is 13.8 Å². The summed E-state index contributed by atoms with van der Waals surface area (Å²) in [5.41, 5.74) is 0. The van der Waals surface area contributed by atoms with Crippen LogP contribution in [-0.4, -0.2) is 25.8 Å². The van der Waals surface area contributed by atoms with Crippen molar-refractivity contribution in [2.45, 2.75) is 26.9 Å². The van der Waals surface area contributed by atoms with Gasteiger partial charge in [-0.2, -0.15) is 0 Å². The topological polar surface area (TPSA) is 35.5 Å². The summed E-state index contributed by atoms with van der Waals surface area (Å²) < 4.78 is 9.84. The molecule has 0 fully saturated rings. The van der Waals surface area contributed by atoms with Gasteiger partial charge in [0.05, 0.1) is 6.10 Å². The minimum absolute atomic E-state index is 0.00241. The Kier molecular flexibility index (Phi) is 5.84. The van der Waals surface area contributed by atoms with E-state index in [1.807, 2.05) is 6.92 Å². The Balaban J connectivity index is 3.21. The first-order chi connectivity index (χ1) is 5.16. The minimum atomic E-state index is 0.00241. The van der Waals surface area contributed by atoms with Gasteiger partial charge in [-0.3, -0.25) is 4.79 Å². The molecule has 0 aromatic rings. The van der Waals surface area contributed by atoms with Crippen molar-refractivity contribution in [1.29, 1.82) is 0 Å². The van der Waals surface area contributed by atoms with Crippen molar-refractivity contribution in [1.82, 2.24) is 0 Å². The SMILES string of the molecule is CC(C)COC(C)COC=O. The molecule has 0 N–H and O–H groups in total. The number of hydrogen-bond acceptors (Lipinski definition) is 3. The van der Waals surface area contributed by atoms with Gasteiger partial charge in [0.2, 0.25) is 0 Å². The summed E-state index contributed by atoms with van der Waals surface area (Å²) in [5.74, 6) is 0.522. The fourth-order valence-electron chi connectivity index (χ4n) is 0.580. The van der Waals surface area contributed by atoms with E-state index in [-0.39, 0.29) is 6.10 Å². The molecule has 3 nitrogen and oxygen atoms in total. The smallest absolute Gasteiger partial charge is 0.293 e. The molecular formula is C8H16O3. The molecule has 0 heterocycles. The maximum Gasteiger partial charge on any atom is 0.293 e. The molecule has 66 valence electrons. The predicted octanol–water partition coefficient (Wildman–Crippen LogP) is 1.22. The van der Waals surface area contributed by atoms with Crippen LogP contribution < -0.4 is 0 Å². The highest BCUT2D eigenvalue weighted by Gasteiger charge is 2.02. The summed E-state index contributed by atoms with van der Waals surface area (Å²) in [6.07, 6.45) is 0.00241. The zero-order valence-electron chi connectivity index (χ0n) is 7.37. The second-order valence-corrected chi connectivity index (χ2v) is 2.97. The van der Waals surface area contributed by atoms with E-state index in [9.17, 15) is 4.79 Å². The Morgan fingerprint density at radius 3 is 2.36 bits per heavy atom. The molecule has 0 aliphatic carbocycles. The van der Waals surface area contributed by atoms with Crippen LogP contribution in [0.5, 0.6) is 0 Å². The molecule has 11 heavy (non-hydrogen) atoms. The number of carbonyl (C=O) groups is 1. The first-order valence-electron chi connectivity index (χ1n) is 3.83. The lowest BCUT2D eigenvalue weighted by molar-refractivity contribution is -0.132. The zero-order chi connectivity index (χ0) is 8.69. The van der Waals surface area contributed by atoms with Gasteiger partial charge < -0.3 is 9.47 Å². The molecule has 0 spiro atoms. The highest BCUT2D eigenvalue weighted by molar-refractivity contribution is 5.36. The first-order valence-corrected chi connectivity index (χ1v) is 3.83. The molecule has 0 aliphatic heterocycles. The van der Waals surface area contributed by atoms with E-state index in [0.29, 0.717) is 25.6 Å². The van der Waals surface area contributed by atoms with E-state index in [1.54, 1.807) is 0 Å². The van der Waals surface area contributed by atoms with Crippen LogP contribution in [0.25, 0.3) is 0 Å². The molecule has 0 rings (SSSR count). The average Bonchev–Trinajstić information content (AvgIpc) is 1.97. The Morgan fingerprint density at radius 1 is 1.27 bits per heavy atom. The summed E-state index contributed by atoms with van der Waals surface area (Å²) in [6, 6.07) is 0. The van der Waals surface area contributed by atoms with Crippen molar-refractivity contribution in [3.8, 4) is 0 Å². The van der Waals surface area contributed by atoms with Gasteiger partial charge in [-0.15, -0.1) is 0 Å². The molecule has 0 bridgehead atoms. The van der Waals surface area contributed by atoms with E-state index in [1.165, 1.54) is 0 Å². The number of ether oxygens (including phenoxy) is 2. The Morgan fingerprint density at radius 2 is 1.91 bits per heavy atom. The van der Waals surface area contributed by atoms with Crippen molar-refractivity contribution < 1.29 is 14.3 Å². The Hall–Kier alpha value is -0.570. The lowest BCUT2D eigenvalue weighted by Gasteiger charge is -2.12. The Labute approximate surface area is 67.7 Å². The molecule has 0 saturated carbocycles. The van der Waals surface area contributed by atoms with Gasteiger partial charge in [0.1, 0.15) is 6.61 Å². The standard InChI is InChI=1S/C8H16O3/c1-7(2)4-11-8(3)5-10-6-9/h6-8H,4-5H2,1-3H3. The summed E-state index contributed by atoms with van der Waals surface area (Å²) >= 11 is 0. The highest BCUT2D eigenvalue weighted by Crippen LogP contribution is 1.97. The quantitative estimate of drug-likeness (QED) is 0.548. The predicted molar refractivity (Wildman–Crippen MR) is 42.3 cm³/mol. The van der Waals surface area contributed by atoms with Crippen LogP contribution in [0.15, 0.2) is 0 Å². The van der Waals surface area contributed by atoms with E-state index < -0.39 is 0 Å². The van der Waals surface area contributed by atoms with E-state index in [2.05, 4.69) is 18.6 Å². The lowest BCUT2D eigenvalue weighted by atomic mass is 10.2. The van der Waals surface area contributed by atoms with E-state index in [0.717, 1.165) is 0 Å². The van der Waals surface area contributed by atoms with Gasteiger partial charge in [-0.05, 0) is 12.8 Å². The van der Waals surface area contributed by atoms with Gasteiger partial charge in [-0.25, -0.2) is 0 Å². The monoisotopic (exact) mass is 160 g/mol. The fourth-order valence-corrected chi connectivity index (χ4v) is 0.580. The van der Waals surface area contributed by atoms with Crippen molar-refractivity contribution in [3.63, 3.8) is 0 Å². The van der Waals surface area contributed by atoms with Crippen LogP contribution in [0.4, 0.5) is 0 Å². The van der Waals surface area contributed by atoms with Crippen molar-refractivity contribution >= 4 is 6.47 Å². The number of carbonyl (C=O) groups excluding carboxylic acids is 1. The van der Waals surface area contributed by atoms with E-state index >= 15 is 0 Å². The fraction of sp³-hybridized carbons (Fsp3) is 0.875. The van der Waals surface area contributed by atoms with Crippen molar-refractivity contribution in [3.05, 3.63) is 0 Å². The molecule has 1 atom stereocenters. The highest BCUT2D eigenvalue weighted by atomic mass is 16.6. The second-order valence-electron chi connectivity index (χ2n) is 2.97. The largest absolute Gasteiger partial charge is 0.465 e. The first kappa shape index (κ1) is 10.4. The molecular weight excluding hydrogens is 144 g/mol. The third kappa shape index (κ3) is 7.33. The molecule has 0 aromatic carbocycles. The maximum absolute atomic E-state index is 9.77. The van der Waals surface area contributed by atoms with Crippen molar-refractivity contribution in [2.24, 2.45) is 5.92 Å². The lowest BCUT2D eigenvalue weighted by Crippen LogP contribution is -2.18. The summed E-state index contributed by atoms with van der Waals surface area (Å²) in [5, 5.41) is 0. The van der Waals surface area contributed by atoms with Gasteiger partial charge in [0, 0.05) is 6.61 Å². The molecule has 0 amide bonds. The molecule has 3 heteroatoms. The summed E-state index contributed by atoms with van der Waals surface area (Å²) in [6.45, 7) is 7.53. The van der Waals surface area contributed by atoms with Crippen LogP contribution in [0, 0.1) is 5.92 Å². The zero-order valence-corrected chi connectivity index (χ0v) is 7.37. The van der Waals surface area contributed by atoms with Crippen LogP contribution in [0.1, 0.15) is 20.8 Å². The van der Waals surface area contributed by atoms with Gasteiger partial charge in [0.15, 0.2) is 0 Å². The van der Waals surface area contributed by atoms with Crippen LogP contribution in [0.2, 0.25) is 0 Å².